The summed E-state index contributed by atoms with van der Waals surface area (Å²) in [7, 11) is 0. The van der Waals surface area contributed by atoms with Gasteiger partial charge in [0, 0.05) is 0 Å². The van der Waals surface area contributed by atoms with E-state index in [2.05, 4.69) is 0 Å². The van der Waals surface area contributed by atoms with Crippen LogP contribution in [0.15, 0.2) is 6.07 Å². The van der Waals surface area contributed by atoms with Crippen LogP contribution in [0.3, 0.4) is 0 Å². The highest BCUT2D eigenvalue weighted by molar-refractivity contribution is 5.49. The highest BCUT2D eigenvalue weighted by Crippen LogP contribution is 2.38. The Morgan fingerprint density at radius 2 is 2.15 bits per heavy atom. The van der Waals surface area contributed by atoms with E-state index in [0.29, 0.717) is 12.2 Å². The van der Waals surface area contributed by atoms with Crippen molar-refractivity contribution < 1.29 is 14.9 Å². The number of aliphatic hydroxyl groups excluding tert-OH is 1. The summed E-state index contributed by atoms with van der Waals surface area (Å²) in [5.41, 5.74) is 3.56. The Labute approximate surface area is 76.6 Å². The van der Waals surface area contributed by atoms with Gasteiger partial charge in [-0.1, -0.05) is 0 Å². The number of hydrogen-bond donors (Lipinski definition) is 2. The predicted octanol–water partition coefficient (Wildman–Crippen LogP) is 1.53. The van der Waals surface area contributed by atoms with Crippen LogP contribution in [0.5, 0.6) is 5.75 Å². The summed E-state index contributed by atoms with van der Waals surface area (Å²) in [6, 6.07) is 1.66. The van der Waals surface area contributed by atoms with E-state index in [1.54, 1.807) is 6.07 Å². The Bertz CT molecular complexity index is 358. The first-order chi connectivity index (χ1) is 6.11. The lowest BCUT2D eigenvalue weighted by Crippen LogP contribution is -1.95. The number of ether oxygens (including phenoxy) is 1. The van der Waals surface area contributed by atoms with Crippen LogP contribution in [0, 0.1) is 13.8 Å². The quantitative estimate of drug-likeness (QED) is 0.636. The van der Waals surface area contributed by atoms with Crippen LogP contribution in [0.2, 0.25) is 0 Å². The minimum atomic E-state index is -0.964. The molecule has 3 heteroatoms. The summed E-state index contributed by atoms with van der Waals surface area (Å²) in [6.45, 7) is 4.28. The molecule has 0 bridgehead atoms. The van der Waals surface area contributed by atoms with Gasteiger partial charge in [-0.15, -0.1) is 0 Å². The van der Waals surface area contributed by atoms with E-state index in [1.165, 1.54) is 0 Å². The lowest BCUT2D eigenvalue weighted by atomic mass is 9.98. The molecule has 1 aliphatic heterocycles. The van der Waals surface area contributed by atoms with Gasteiger partial charge in [0.15, 0.2) is 6.29 Å². The van der Waals surface area contributed by atoms with E-state index in [-0.39, 0.29) is 5.75 Å². The SMILES string of the molecule is Cc1cc(O)c2c(c1C)COC2O. The summed E-state index contributed by atoms with van der Waals surface area (Å²) in [6.07, 6.45) is -0.964. The second-order valence-corrected chi connectivity index (χ2v) is 3.39. The molecule has 2 N–H and O–H groups in total. The maximum absolute atomic E-state index is 9.57. The molecule has 1 aromatic carbocycles. The number of aliphatic hydroxyl groups is 1. The van der Waals surface area contributed by atoms with Crippen LogP contribution in [0.4, 0.5) is 0 Å². The minimum absolute atomic E-state index is 0.128. The number of hydrogen-bond acceptors (Lipinski definition) is 3. The molecule has 3 nitrogen and oxygen atoms in total. The van der Waals surface area contributed by atoms with E-state index >= 15 is 0 Å². The zero-order valence-electron chi connectivity index (χ0n) is 7.66. The number of fused-ring (bicyclic) bond motifs is 1. The average Bonchev–Trinajstić information content (AvgIpc) is 2.44. The van der Waals surface area contributed by atoms with Crippen LogP contribution >= 0.6 is 0 Å². The Morgan fingerprint density at radius 3 is 2.85 bits per heavy atom. The summed E-state index contributed by atoms with van der Waals surface area (Å²) in [5.74, 6) is 0.128. The van der Waals surface area contributed by atoms with Crippen molar-refractivity contribution in [1.29, 1.82) is 0 Å². The Morgan fingerprint density at radius 1 is 1.46 bits per heavy atom. The molecule has 1 unspecified atom stereocenters. The van der Waals surface area contributed by atoms with Gasteiger partial charge in [-0.05, 0) is 36.6 Å². The molecule has 70 valence electrons. The van der Waals surface area contributed by atoms with Gasteiger partial charge in [-0.3, -0.25) is 0 Å². The largest absolute Gasteiger partial charge is 0.507 e. The molecular formula is C10H12O3. The van der Waals surface area contributed by atoms with Crippen molar-refractivity contribution >= 4 is 0 Å². The van der Waals surface area contributed by atoms with Gasteiger partial charge in [-0.25, -0.2) is 0 Å². The van der Waals surface area contributed by atoms with Gasteiger partial charge in [0.2, 0.25) is 0 Å². The third-order valence-electron chi connectivity index (χ3n) is 2.63. The predicted molar refractivity (Wildman–Crippen MR) is 47.3 cm³/mol. The highest BCUT2D eigenvalue weighted by atomic mass is 16.6. The number of phenolic OH excluding ortho intramolecular Hbond substituents is 1. The standard InChI is InChI=1S/C10H12O3/c1-5-3-8(11)9-7(6(5)2)4-13-10(9)12/h3,10-12H,4H2,1-2H3. The molecule has 0 spiro atoms. The van der Waals surface area contributed by atoms with Crippen LogP contribution in [0.25, 0.3) is 0 Å². The topological polar surface area (TPSA) is 49.7 Å². The van der Waals surface area contributed by atoms with Crippen LogP contribution in [0.1, 0.15) is 28.5 Å². The molecule has 0 aromatic heterocycles. The first kappa shape index (κ1) is 8.53. The molecule has 1 heterocycles. The number of rotatable bonds is 0. The van der Waals surface area contributed by atoms with Gasteiger partial charge in [0.05, 0.1) is 12.2 Å². The molecule has 0 aliphatic carbocycles. The molecule has 0 saturated heterocycles. The fourth-order valence-corrected chi connectivity index (χ4v) is 1.69. The van der Waals surface area contributed by atoms with Crippen molar-refractivity contribution in [2.75, 3.05) is 0 Å². The van der Waals surface area contributed by atoms with E-state index in [4.69, 9.17) is 4.74 Å². The molecule has 1 aliphatic rings. The monoisotopic (exact) mass is 180 g/mol. The molecule has 2 rings (SSSR count). The Hall–Kier alpha value is -1.06. The van der Waals surface area contributed by atoms with Crippen molar-refractivity contribution in [1.82, 2.24) is 0 Å². The molecular weight excluding hydrogens is 168 g/mol. The first-order valence-electron chi connectivity index (χ1n) is 4.23. The van der Waals surface area contributed by atoms with Gasteiger partial charge in [0.1, 0.15) is 5.75 Å². The molecule has 1 aromatic rings. The van der Waals surface area contributed by atoms with Crippen molar-refractivity contribution in [3.8, 4) is 5.75 Å². The molecule has 0 saturated carbocycles. The normalized spacial score (nSPS) is 20.4. The van der Waals surface area contributed by atoms with E-state index in [0.717, 1.165) is 16.7 Å². The van der Waals surface area contributed by atoms with Crippen LogP contribution in [-0.4, -0.2) is 10.2 Å². The maximum Gasteiger partial charge on any atom is 0.185 e. The van der Waals surface area contributed by atoms with Crippen molar-refractivity contribution in [2.45, 2.75) is 26.7 Å². The van der Waals surface area contributed by atoms with Gasteiger partial charge >= 0.3 is 0 Å². The third kappa shape index (κ3) is 1.12. The lowest BCUT2D eigenvalue weighted by Gasteiger charge is -2.09. The number of aryl methyl sites for hydroxylation is 1. The maximum atomic E-state index is 9.57. The fourth-order valence-electron chi connectivity index (χ4n) is 1.69. The fraction of sp³-hybridized carbons (Fsp3) is 0.400. The zero-order valence-corrected chi connectivity index (χ0v) is 7.66. The van der Waals surface area contributed by atoms with E-state index < -0.39 is 6.29 Å². The molecule has 13 heavy (non-hydrogen) atoms. The molecule has 1 atom stereocenters. The van der Waals surface area contributed by atoms with Crippen LogP contribution in [-0.2, 0) is 11.3 Å². The molecule has 0 radical (unpaired) electrons. The number of phenols is 1. The number of aromatic hydroxyl groups is 1. The first-order valence-corrected chi connectivity index (χ1v) is 4.23. The minimum Gasteiger partial charge on any atom is -0.507 e. The molecule has 0 fully saturated rings. The second kappa shape index (κ2) is 2.72. The van der Waals surface area contributed by atoms with Crippen LogP contribution < -0.4 is 0 Å². The Balaban J connectivity index is 2.69. The average molecular weight is 180 g/mol. The lowest BCUT2D eigenvalue weighted by molar-refractivity contribution is -0.0926. The van der Waals surface area contributed by atoms with E-state index in [9.17, 15) is 10.2 Å². The second-order valence-electron chi connectivity index (χ2n) is 3.39. The van der Waals surface area contributed by atoms with Crippen molar-refractivity contribution in [3.05, 3.63) is 28.3 Å². The summed E-state index contributed by atoms with van der Waals surface area (Å²) in [5, 5.41) is 19.0. The van der Waals surface area contributed by atoms with Gasteiger partial charge in [0.25, 0.3) is 0 Å². The summed E-state index contributed by atoms with van der Waals surface area (Å²) in [4.78, 5) is 0. The van der Waals surface area contributed by atoms with Gasteiger partial charge < -0.3 is 14.9 Å². The summed E-state index contributed by atoms with van der Waals surface area (Å²) >= 11 is 0. The highest BCUT2D eigenvalue weighted by Gasteiger charge is 2.26. The Kier molecular flexibility index (Phi) is 1.78. The van der Waals surface area contributed by atoms with Crippen molar-refractivity contribution in [2.24, 2.45) is 0 Å². The summed E-state index contributed by atoms with van der Waals surface area (Å²) < 4.78 is 5.04. The van der Waals surface area contributed by atoms with E-state index in [1.807, 2.05) is 13.8 Å². The molecule has 0 amide bonds. The van der Waals surface area contributed by atoms with Crippen molar-refractivity contribution in [3.63, 3.8) is 0 Å². The van der Waals surface area contributed by atoms with Gasteiger partial charge in [-0.2, -0.15) is 0 Å². The smallest absolute Gasteiger partial charge is 0.185 e. The zero-order chi connectivity index (χ0) is 9.59. The third-order valence-corrected chi connectivity index (χ3v) is 2.63. The number of benzene rings is 1.